The van der Waals surface area contributed by atoms with Gasteiger partial charge in [-0.05, 0) is 13.8 Å². The standard InChI is InChI=1S/C6H10O4.2H3N/c1-6(2,5(9)10)3-4(7)8;;/h3H2,1-2H3,(H,7,8)(H,9,10);2*1H3. The molecule has 0 heterocycles. The molecule has 6 heteroatoms. The molecule has 0 saturated heterocycles. The Bertz CT molecular complexity index is 167. The molecule has 0 radical (unpaired) electrons. The second-order valence-corrected chi connectivity index (χ2v) is 2.76. The molecule has 0 spiro atoms. The molecule has 0 fully saturated rings. The number of aliphatic carboxylic acids is 2. The summed E-state index contributed by atoms with van der Waals surface area (Å²) in [5.74, 6) is -2.18. The van der Waals surface area contributed by atoms with Crippen LogP contribution in [-0.4, -0.2) is 22.2 Å². The Labute approximate surface area is 70.7 Å². The molecule has 0 saturated carbocycles. The van der Waals surface area contributed by atoms with Gasteiger partial charge in [0.25, 0.3) is 0 Å². The van der Waals surface area contributed by atoms with Gasteiger partial charge in [0.05, 0.1) is 11.8 Å². The van der Waals surface area contributed by atoms with E-state index in [0.29, 0.717) is 0 Å². The highest BCUT2D eigenvalue weighted by molar-refractivity contribution is 5.80. The summed E-state index contributed by atoms with van der Waals surface area (Å²) in [4.78, 5) is 20.3. The van der Waals surface area contributed by atoms with Crippen LogP contribution in [0.2, 0.25) is 0 Å². The maximum absolute atomic E-state index is 10.3. The Morgan fingerprint density at radius 1 is 1.17 bits per heavy atom. The van der Waals surface area contributed by atoms with Gasteiger partial charge in [0.1, 0.15) is 0 Å². The number of rotatable bonds is 3. The van der Waals surface area contributed by atoms with Crippen molar-refractivity contribution in [1.29, 1.82) is 0 Å². The van der Waals surface area contributed by atoms with Gasteiger partial charge in [0, 0.05) is 0 Å². The van der Waals surface area contributed by atoms with Crippen molar-refractivity contribution in [2.45, 2.75) is 20.3 Å². The fraction of sp³-hybridized carbons (Fsp3) is 0.667. The minimum Gasteiger partial charge on any atom is -0.481 e. The average molecular weight is 180 g/mol. The molecule has 8 N–H and O–H groups in total. The fourth-order valence-corrected chi connectivity index (χ4v) is 0.454. The molecule has 0 aliphatic carbocycles. The van der Waals surface area contributed by atoms with Gasteiger partial charge in [-0.25, -0.2) is 0 Å². The highest BCUT2D eigenvalue weighted by Crippen LogP contribution is 2.19. The third-order valence-corrected chi connectivity index (χ3v) is 1.17. The zero-order chi connectivity index (χ0) is 8.36. The Morgan fingerprint density at radius 3 is 1.58 bits per heavy atom. The second-order valence-electron chi connectivity index (χ2n) is 2.76. The molecule has 0 amide bonds. The topological polar surface area (TPSA) is 145 Å². The van der Waals surface area contributed by atoms with Crippen LogP contribution in [0.1, 0.15) is 20.3 Å². The molecule has 0 aromatic rings. The number of hydrogen-bond donors (Lipinski definition) is 4. The summed E-state index contributed by atoms with van der Waals surface area (Å²) in [5, 5.41) is 16.7. The van der Waals surface area contributed by atoms with Gasteiger partial charge in [-0.1, -0.05) is 0 Å². The van der Waals surface area contributed by atoms with E-state index in [9.17, 15) is 9.59 Å². The van der Waals surface area contributed by atoms with Gasteiger partial charge >= 0.3 is 11.9 Å². The lowest BCUT2D eigenvalue weighted by atomic mass is 9.90. The Morgan fingerprint density at radius 2 is 1.50 bits per heavy atom. The van der Waals surface area contributed by atoms with Gasteiger partial charge in [0.15, 0.2) is 0 Å². The van der Waals surface area contributed by atoms with Crippen LogP contribution in [0.15, 0.2) is 0 Å². The predicted octanol–water partition coefficient (Wildman–Crippen LogP) is 0.896. The quantitative estimate of drug-likeness (QED) is 0.507. The van der Waals surface area contributed by atoms with Crippen molar-refractivity contribution in [3.8, 4) is 0 Å². The molecule has 0 bridgehead atoms. The lowest BCUT2D eigenvalue weighted by molar-refractivity contribution is -0.153. The van der Waals surface area contributed by atoms with Crippen molar-refractivity contribution in [2.24, 2.45) is 5.41 Å². The molecular weight excluding hydrogens is 164 g/mol. The number of carboxylic acid groups (broad SMARTS) is 2. The van der Waals surface area contributed by atoms with E-state index < -0.39 is 17.4 Å². The minimum absolute atomic E-state index is 0. The fourth-order valence-electron chi connectivity index (χ4n) is 0.454. The normalized spacial score (nSPS) is 9.17. The first-order chi connectivity index (χ1) is 4.36. The molecule has 74 valence electrons. The van der Waals surface area contributed by atoms with Crippen LogP contribution < -0.4 is 12.3 Å². The molecule has 0 atom stereocenters. The van der Waals surface area contributed by atoms with Gasteiger partial charge in [0.2, 0.25) is 0 Å². The maximum atomic E-state index is 10.3. The first-order valence-electron chi connectivity index (χ1n) is 2.81. The highest BCUT2D eigenvalue weighted by Gasteiger charge is 2.29. The smallest absolute Gasteiger partial charge is 0.309 e. The maximum Gasteiger partial charge on any atom is 0.309 e. The first kappa shape index (κ1) is 17.1. The van der Waals surface area contributed by atoms with Crippen LogP contribution in [0.25, 0.3) is 0 Å². The van der Waals surface area contributed by atoms with Gasteiger partial charge in [-0.3, -0.25) is 9.59 Å². The monoisotopic (exact) mass is 180 g/mol. The van der Waals surface area contributed by atoms with Crippen molar-refractivity contribution in [1.82, 2.24) is 12.3 Å². The Kier molecular flexibility index (Phi) is 7.84. The first-order valence-corrected chi connectivity index (χ1v) is 2.81. The second kappa shape index (κ2) is 5.50. The third kappa shape index (κ3) is 5.63. The van der Waals surface area contributed by atoms with E-state index in [1.54, 1.807) is 0 Å². The van der Waals surface area contributed by atoms with Crippen LogP contribution in [0.4, 0.5) is 0 Å². The van der Waals surface area contributed by atoms with Crippen LogP contribution >= 0.6 is 0 Å². The zero-order valence-electron chi connectivity index (χ0n) is 7.33. The molecular formula is C6H16N2O4. The van der Waals surface area contributed by atoms with Crippen molar-refractivity contribution in [3.63, 3.8) is 0 Å². The van der Waals surface area contributed by atoms with Gasteiger partial charge in [-0.15, -0.1) is 0 Å². The summed E-state index contributed by atoms with van der Waals surface area (Å²) >= 11 is 0. The van der Waals surface area contributed by atoms with Gasteiger partial charge in [-0.2, -0.15) is 0 Å². The molecule has 0 rings (SSSR count). The van der Waals surface area contributed by atoms with E-state index in [4.69, 9.17) is 10.2 Å². The van der Waals surface area contributed by atoms with Crippen molar-refractivity contribution in [2.75, 3.05) is 0 Å². The summed E-state index contributed by atoms with van der Waals surface area (Å²) in [7, 11) is 0. The Balaban J connectivity index is -0.000000405. The van der Waals surface area contributed by atoms with Crippen LogP contribution in [-0.2, 0) is 9.59 Å². The van der Waals surface area contributed by atoms with Crippen LogP contribution in [0.3, 0.4) is 0 Å². The lowest BCUT2D eigenvalue weighted by Gasteiger charge is -2.14. The van der Waals surface area contributed by atoms with Crippen LogP contribution in [0.5, 0.6) is 0 Å². The predicted molar refractivity (Wildman–Crippen MR) is 43.7 cm³/mol. The molecule has 0 aliphatic rings. The largest absolute Gasteiger partial charge is 0.481 e. The third-order valence-electron chi connectivity index (χ3n) is 1.17. The van der Waals surface area contributed by atoms with E-state index in [0.717, 1.165) is 0 Å². The summed E-state index contributed by atoms with van der Waals surface area (Å²) in [6.45, 7) is 2.76. The minimum atomic E-state index is -1.16. The molecule has 12 heavy (non-hydrogen) atoms. The summed E-state index contributed by atoms with van der Waals surface area (Å²) in [6, 6.07) is 0. The van der Waals surface area contributed by atoms with E-state index >= 15 is 0 Å². The Hall–Kier alpha value is -1.14. The molecule has 0 unspecified atom stereocenters. The van der Waals surface area contributed by atoms with Crippen molar-refractivity contribution in [3.05, 3.63) is 0 Å². The van der Waals surface area contributed by atoms with Gasteiger partial charge < -0.3 is 22.5 Å². The summed E-state index contributed by atoms with van der Waals surface area (Å²) in [6.07, 6.45) is -0.345. The molecule has 6 nitrogen and oxygen atoms in total. The van der Waals surface area contributed by atoms with E-state index in [-0.39, 0.29) is 18.7 Å². The number of carbonyl (C=O) groups is 2. The highest BCUT2D eigenvalue weighted by atomic mass is 16.4. The number of hydrogen-bond acceptors (Lipinski definition) is 4. The van der Waals surface area contributed by atoms with E-state index in [1.165, 1.54) is 13.8 Å². The van der Waals surface area contributed by atoms with Crippen molar-refractivity contribution < 1.29 is 19.8 Å². The molecule has 0 aromatic heterocycles. The SMILES string of the molecule is CC(C)(CC(=O)O)C(=O)O.N.N. The molecule has 0 aliphatic heterocycles. The summed E-state index contributed by atoms with van der Waals surface area (Å²) in [5.41, 5.74) is -1.16. The average Bonchev–Trinajstić information content (AvgIpc) is 1.60. The van der Waals surface area contributed by atoms with Crippen LogP contribution in [0, 0.1) is 5.41 Å². The molecule has 0 aromatic carbocycles. The number of carboxylic acids is 2. The van der Waals surface area contributed by atoms with E-state index in [1.807, 2.05) is 0 Å². The summed E-state index contributed by atoms with van der Waals surface area (Å²) < 4.78 is 0. The van der Waals surface area contributed by atoms with E-state index in [2.05, 4.69) is 0 Å². The lowest BCUT2D eigenvalue weighted by Crippen LogP contribution is -2.26. The van der Waals surface area contributed by atoms with Crippen molar-refractivity contribution >= 4 is 11.9 Å². The zero-order valence-corrected chi connectivity index (χ0v) is 7.33.